The highest BCUT2D eigenvalue weighted by molar-refractivity contribution is 6.32. The van der Waals surface area contributed by atoms with Gasteiger partial charge in [0.15, 0.2) is 17.4 Å². The first-order chi connectivity index (χ1) is 26.1. The Morgan fingerprint density at radius 2 is 1.60 bits per heavy atom. The number of piperazine rings is 1. The zero-order chi connectivity index (χ0) is 38.0. The first kappa shape index (κ1) is 41.2. The Bertz CT molecular complexity index is 2030. The van der Waals surface area contributed by atoms with E-state index in [-0.39, 0.29) is 36.4 Å². The van der Waals surface area contributed by atoms with Crippen molar-refractivity contribution >= 4 is 36.0 Å². The smallest absolute Gasteiger partial charge is 0.246 e. The minimum Gasteiger partial charge on any atom is -0.493 e. The van der Waals surface area contributed by atoms with Gasteiger partial charge in [0, 0.05) is 56.9 Å². The van der Waals surface area contributed by atoms with E-state index in [2.05, 4.69) is 60.1 Å². The highest BCUT2D eigenvalue weighted by Gasteiger charge is 2.20. The number of pyridine rings is 1. The number of hydrogen-bond acceptors (Lipinski definition) is 6. The third-order valence-corrected chi connectivity index (χ3v) is 9.61. The Morgan fingerprint density at radius 3 is 2.27 bits per heavy atom. The van der Waals surface area contributed by atoms with E-state index in [4.69, 9.17) is 25.8 Å². The normalized spacial score (nSPS) is 13.2. The van der Waals surface area contributed by atoms with E-state index in [0.717, 1.165) is 49.0 Å². The fourth-order valence-electron chi connectivity index (χ4n) is 6.13. The standard InChI is InChI=1S/C44H44ClF2N3O4.ClH/c1-30(2)35-12-14-37(15-13-35)52-24-19-32-7-9-33(10-8-32)28-49-20-22-50(23-21-49)42(51)18-11-34-25-31(3)44(39(45)26-34)54-41-17-16-38(27-48-41)53-29-36-5-4-6-40(46)43(36)47;/h4-18,25-27,30H,19-24,28-29H2,1-3H3;1H/b18-11+;. The van der Waals surface area contributed by atoms with Gasteiger partial charge in [-0.1, -0.05) is 74.0 Å². The van der Waals surface area contributed by atoms with Crippen molar-refractivity contribution in [3.05, 3.63) is 153 Å². The number of ether oxygens (including phenoxy) is 3. The maximum absolute atomic E-state index is 13.9. The molecule has 1 saturated heterocycles. The van der Waals surface area contributed by atoms with Crippen LogP contribution in [-0.2, 0) is 24.4 Å². The second-order valence-electron chi connectivity index (χ2n) is 13.7. The van der Waals surface area contributed by atoms with E-state index in [1.165, 1.54) is 35.0 Å². The molecule has 0 bridgehead atoms. The number of benzene rings is 4. The van der Waals surface area contributed by atoms with Gasteiger partial charge in [-0.05, 0) is 83.1 Å². The quantitative estimate of drug-likeness (QED) is 0.104. The van der Waals surface area contributed by atoms with Crippen molar-refractivity contribution in [1.82, 2.24) is 14.8 Å². The highest BCUT2D eigenvalue weighted by atomic mass is 35.5. The van der Waals surface area contributed by atoms with Crippen molar-refractivity contribution < 1.29 is 27.8 Å². The van der Waals surface area contributed by atoms with Crippen molar-refractivity contribution in [1.29, 1.82) is 0 Å². The molecule has 1 aromatic heterocycles. The predicted molar refractivity (Wildman–Crippen MR) is 216 cm³/mol. The molecule has 0 unspecified atom stereocenters. The van der Waals surface area contributed by atoms with Crippen molar-refractivity contribution in [2.45, 2.75) is 46.3 Å². The fourth-order valence-corrected chi connectivity index (χ4v) is 6.44. The summed E-state index contributed by atoms with van der Waals surface area (Å²) in [5.74, 6) is 0.585. The lowest BCUT2D eigenvalue weighted by Gasteiger charge is -2.34. The van der Waals surface area contributed by atoms with Crippen LogP contribution in [0.3, 0.4) is 0 Å². The van der Waals surface area contributed by atoms with Crippen LogP contribution in [0.15, 0.2) is 103 Å². The summed E-state index contributed by atoms with van der Waals surface area (Å²) < 4.78 is 44.8. The molecule has 0 saturated carbocycles. The molecule has 0 spiro atoms. The van der Waals surface area contributed by atoms with Crippen LogP contribution >= 0.6 is 24.0 Å². The van der Waals surface area contributed by atoms with Gasteiger partial charge < -0.3 is 19.1 Å². The first-order valence-electron chi connectivity index (χ1n) is 18.1. The molecule has 1 amide bonds. The van der Waals surface area contributed by atoms with E-state index in [1.54, 1.807) is 30.4 Å². The molecule has 2 heterocycles. The molecule has 4 aromatic carbocycles. The lowest BCUT2D eigenvalue weighted by molar-refractivity contribution is -0.127. The largest absolute Gasteiger partial charge is 0.493 e. The summed E-state index contributed by atoms with van der Waals surface area (Å²) in [4.78, 5) is 21.5. The molecule has 6 rings (SSSR count). The monoisotopic (exact) mass is 787 g/mol. The minimum absolute atomic E-state index is 0. The second-order valence-corrected chi connectivity index (χ2v) is 14.1. The van der Waals surface area contributed by atoms with Crippen LogP contribution in [-0.4, -0.2) is 53.5 Å². The Kier molecular flexibility index (Phi) is 14.7. The molecular formula is C44H45Cl2F2N3O4. The summed E-state index contributed by atoms with van der Waals surface area (Å²) in [5, 5.41) is 0.369. The molecule has 55 heavy (non-hydrogen) atoms. The molecule has 1 aliphatic rings. The van der Waals surface area contributed by atoms with Crippen molar-refractivity contribution in [3.63, 3.8) is 0 Å². The van der Waals surface area contributed by atoms with Crippen molar-refractivity contribution in [3.8, 4) is 23.1 Å². The summed E-state index contributed by atoms with van der Waals surface area (Å²) in [5.41, 5.74) is 5.44. The average molecular weight is 789 g/mol. The maximum atomic E-state index is 13.9. The number of carbonyl (C=O) groups is 1. The molecule has 5 aromatic rings. The van der Waals surface area contributed by atoms with Gasteiger partial charge in [0.2, 0.25) is 11.8 Å². The lowest BCUT2D eigenvalue weighted by atomic mass is 10.0. The van der Waals surface area contributed by atoms with Crippen LogP contribution in [0.25, 0.3) is 6.08 Å². The molecule has 11 heteroatoms. The van der Waals surface area contributed by atoms with Gasteiger partial charge in [-0.2, -0.15) is 0 Å². The number of hydrogen-bond donors (Lipinski definition) is 0. The van der Waals surface area contributed by atoms with Crippen LogP contribution in [0.2, 0.25) is 5.02 Å². The third kappa shape index (κ3) is 11.5. The Hall–Kier alpha value is -4.96. The summed E-state index contributed by atoms with van der Waals surface area (Å²) in [7, 11) is 0. The summed E-state index contributed by atoms with van der Waals surface area (Å²) >= 11 is 6.59. The zero-order valence-electron chi connectivity index (χ0n) is 31.1. The molecule has 0 atom stereocenters. The van der Waals surface area contributed by atoms with E-state index in [0.29, 0.717) is 42.1 Å². The number of rotatable bonds is 14. The van der Waals surface area contributed by atoms with Crippen LogP contribution < -0.4 is 14.2 Å². The Morgan fingerprint density at radius 1 is 0.891 bits per heavy atom. The topological polar surface area (TPSA) is 64.1 Å². The van der Waals surface area contributed by atoms with Crippen LogP contribution in [0, 0.1) is 18.6 Å². The predicted octanol–water partition coefficient (Wildman–Crippen LogP) is 10.2. The molecule has 1 aliphatic heterocycles. The summed E-state index contributed by atoms with van der Waals surface area (Å²) in [6, 6.07) is 27.8. The van der Waals surface area contributed by atoms with Crippen molar-refractivity contribution in [2.75, 3.05) is 32.8 Å². The Balaban J connectivity index is 0.00000580. The molecular weight excluding hydrogens is 743 g/mol. The van der Waals surface area contributed by atoms with Gasteiger partial charge in [-0.15, -0.1) is 12.4 Å². The molecule has 1 fully saturated rings. The van der Waals surface area contributed by atoms with Crippen LogP contribution in [0.5, 0.6) is 23.1 Å². The summed E-state index contributed by atoms with van der Waals surface area (Å²) in [6.07, 6.45) is 5.63. The van der Waals surface area contributed by atoms with Gasteiger partial charge in [0.25, 0.3) is 0 Å². The average Bonchev–Trinajstić information content (AvgIpc) is 3.17. The number of halogens is 4. The number of nitrogens with zero attached hydrogens (tertiary/aromatic N) is 3. The maximum Gasteiger partial charge on any atom is 0.246 e. The zero-order valence-corrected chi connectivity index (χ0v) is 32.7. The van der Waals surface area contributed by atoms with Crippen LogP contribution in [0.1, 0.15) is 53.1 Å². The summed E-state index contributed by atoms with van der Waals surface area (Å²) in [6.45, 7) is 10.5. The SMILES string of the molecule is Cc1cc(/C=C/C(=O)N2CCN(Cc3ccc(CCOc4ccc(C(C)C)cc4)cc3)CC2)cc(Cl)c1Oc1ccc(OCc2cccc(F)c2F)cn1.Cl. The molecule has 7 nitrogen and oxygen atoms in total. The molecule has 0 aliphatic carbocycles. The van der Waals surface area contributed by atoms with Crippen molar-refractivity contribution in [2.24, 2.45) is 0 Å². The Labute approximate surface area is 332 Å². The van der Waals surface area contributed by atoms with Gasteiger partial charge in [-0.25, -0.2) is 13.8 Å². The van der Waals surface area contributed by atoms with Gasteiger partial charge in [0.1, 0.15) is 18.1 Å². The fraction of sp³-hybridized carbons (Fsp3) is 0.273. The van der Waals surface area contributed by atoms with Gasteiger partial charge in [-0.3, -0.25) is 9.69 Å². The van der Waals surface area contributed by atoms with E-state index in [9.17, 15) is 13.6 Å². The second kappa shape index (κ2) is 19.6. The lowest BCUT2D eigenvalue weighted by Crippen LogP contribution is -2.47. The van der Waals surface area contributed by atoms with Crippen LogP contribution in [0.4, 0.5) is 8.78 Å². The van der Waals surface area contributed by atoms with E-state index >= 15 is 0 Å². The van der Waals surface area contributed by atoms with Gasteiger partial charge in [0.05, 0.1) is 17.8 Å². The molecule has 0 N–H and O–H groups in total. The number of aryl methyl sites for hydroxylation is 1. The number of aromatic nitrogens is 1. The van der Waals surface area contributed by atoms with Gasteiger partial charge >= 0.3 is 0 Å². The minimum atomic E-state index is -0.938. The molecule has 288 valence electrons. The third-order valence-electron chi connectivity index (χ3n) is 9.33. The molecule has 0 radical (unpaired) electrons. The number of carbonyl (C=O) groups excluding carboxylic acids is 1. The highest BCUT2D eigenvalue weighted by Crippen LogP contribution is 2.34. The first-order valence-corrected chi connectivity index (χ1v) is 18.5. The number of amides is 1. The van der Waals surface area contributed by atoms with E-state index in [1.807, 2.05) is 30.0 Å². The van der Waals surface area contributed by atoms with E-state index < -0.39 is 11.6 Å².